The summed E-state index contributed by atoms with van der Waals surface area (Å²) in [5.41, 5.74) is 3.18. The number of hydrazine groups is 1. The summed E-state index contributed by atoms with van der Waals surface area (Å²) in [7, 11) is 0. The summed E-state index contributed by atoms with van der Waals surface area (Å²) in [6.07, 6.45) is 0. The number of hydrogen-bond acceptors (Lipinski definition) is 6. The van der Waals surface area contributed by atoms with Crippen molar-refractivity contribution >= 4 is 23.0 Å². The van der Waals surface area contributed by atoms with E-state index in [0.717, 1.165) is 5.69 Å². The lowest BCUT2D eigenvalue weighted by molar-refractivity contribution is -0.384. The molecular weight excluding hydrogens is 258 g/mol. The average Bonchev–Trinajstić information content (AvgIpc) is 2.48. The van der Waals surface area contributed by atoms with E-state index in [1.165, 1.54) is 12.1 Å². The molecule has 1 aromatic carbocycles. The molecule has 3 N–H and O–H groups in total. The normalized spacial score (nSPS) is 10.1. The zero-order chi connectivity index (χ0) is 14.5. The number of aromatic nitrogens is 1. The van der Waals surface area contributed by atoms with Crippen LogP contribution in [0.2, 0.25) is 0 Å². The molecule has 0 aliphatic rings. The minimum Gasteiger partial charge on any atom is -0.321 e. The first-order chi connectivity index (χ1) is 9.67. The average molecular weight is 273 g/mol. The molecule has 0 fully saturated rings. The summed E-state index contributed by atoms with van der Waals surface area (Å²) >= 11 is 0. The fourth-order valence-corrected chi connectivity index (χ4v) is 1.93. The molecule has 2 rings (SSSR count). The number of para-hydroxylation sites is 1. The number of nitrogens with two attached hydrogens (primary N) is 1. The molecule has 0 unspecified atom stereocenters. The molecule has 104 valence electrons. The maximum absolute atomic E-state index is 11.2. The van der Waals surface area contributed by atoms with E-state index >= 15 is 0 Å². The SMILES string of the molecule is CCN(c1ccccc1)c1nc(NN)ccc1[N+](=O)[O-]. The number of nitro groups is 1. The van der Waals surface area contributed by atoms with Gasteiger partial charge in [0.1, 0.15) is 5.82 Å². The second kappa shape index (κ2) is 5.98. The van der Waals surface area contributed by atoms with Gasteiger partial charge in [0.25, 0.3) is 0 Å². The van der Waals surface area contributed by atoms with E-state index in [2.05, 4.69) is 10.4 Å². The Morgan fingerprint density at radius 1 is 1.30 bits per heavy atom. The maximum atomic E-state index is 11.2. The van der Waals surface area contributed by atoms with Gasteiger partial charge in [0.05, 0.1) is 4.92 Å². The van der Waals surface area contributed by atoms with Gasteiger partial charge in [0.2, 0.25) is 5.82 Å². The van der Waals surface area contributed by atoms with Gasteiger partial charge in [0.15, 0.2) is 0 Å². The Kier molecular flexibility index (Phi) is 4.11. The fourth-order valence-electron chi connectivity index (χ4n) is 1.93. The summed E-state index contributed by atoms with van der Waals surface area (Å²) in [5, 5.41) is 11.2. The van der Waals surface area contributed by atoms with Crippen LogP contribution in [0.4, 0.5) is 23.0 Å². The molecule has 0 bridgehead atoms. The van der Waals surface area contributed by atoms with Gasteiger partial charge in [-0.3, -0.25) is 10.1 Å². The molecule has 0 radical (unpaired) electrons. The number of benzene rings is 1. The zero-order valence-electron chi connectivity index (χ0n) is 11.0. The Hall–Kier alpha value is -2.67. The lowest BCUT2D eigenvalue weighted by Gasteiger charge is -2.22. The van der Waals surface area contributed by atoms with Crippen LogP contribution in [0, 0.1) is 10.1 Å². The first kappa shape index (κ1) is 13.8. The maximum Gasteiger partial charge on any atom is 0.312 e. The van der Waals surface area contributed by atoms with Gasteiger partial charge in [0, 0.05) is 18.3 Å². The first-order valence-corrected chi connectivity index (χ1v) is 6.12. The molecule has 1 aromatic heterocycles. The fraction of sp³-hybridized carbons (Fsp3) is 0.154. The van der Waals surface area contributed by atoms with Gasteiger partial charge in [-0.25, -0.2) is 10.8 Å². The highest BCUT2D eigenvalue weighted by atomic mass is 16.6. The van der Waals surface area contributed by atoms with E-state index in [4.69, 9.17) is 5.84 Å². The summed E-state index contributed by atoms with van der Waals surface area (Å²) in [6.45, 7) is 2.45. The van der Waals surface area contributed by atoms with Crippen molar-refractivity contribution in [3.8, 4) is 0 Å². The molecule has 20 heavy (non-hydrogen) atoms. The third-order valence-corrected chi connectivity index (χ3v) is 2.84. The highest BCUT2D eigenvalue weighted by Gasteiger charge is 2.22. The predicted octanol–water partition coefficient (Wildman–Crippen LogP) is 2.43. The van der Waals surface area contributed by atoms with Crippen LogP contribution in [0.3, 0.4) is 0 Å². The Labute approximate surface area is 116 Å². The van der Waals surface area contributed by atoms with E-state index in [9.17, 15) is 10.1 Å². The number of anilines is 3. The van der Waals surface area contributed by atoms with E-state index < -0.39 is 4.92 Å². The van der Waals surface area contributed by atoms with Crippen LogP contribution in [-0.4, -0.2) is 16.5 Å². The molecule has 1 heterocycles. The van der Waals surface area contributed by atoms with Crippen LogP contribution in [0.25, 0.3) is 0 Å². The summed E-state index contributed by atoms with van der Waals surface area (Å²) < 4.78 is 0. The molecule has 7 heteroatoms. The molecule has 0 spiro atoms. The topological polar surface area (TPSA) is 97.3 Å². The number of nitrogen functional groups attached to an aromatic ring is 1. The van der Waals surface area contributed by atoms with Gasteiger partial charge in [-0.15, -0.1) is 0 Å². The smallest absolute Gasteiger partial charge is 0.312 e. The van der Waals surface area contributed by atoms with Crippen LogP contribution in [0.1, 0.15) is 6.92 Å². The molecular formula is C13H15N5O2. The lowest BCUT2D eigenvalue weighted by atomic mass is 10.2. The third-order valence-electron chi connectivity index (χ3n) is 2.84. The Morgan fingerprint density at radius 2 is 2.00 bits per heavy atom. The third kappa shape index (κ3) is 2.67. The van der Waals surface area contributed by atoms with E-state index in [1.54, 1.807) is 4.90 Å². The second-order valence-electron chi connectivity index (χ2n) is 4.02. The predicted molar refractivity (Wildman–Crippen MR) is 77.8 cm³/mol. The number of pyridine rings is 1. The molecule has 0 saturated carbocycles. The Bertz CT molecular complexity index is 603. The van der Waals surface area contributed by atoms with Crippen molar-refractivity contribution in [1.29, 1.82) is 0 Å². The zero-order valence-corrected chi connectivity index (χ0v) is 11.0. The highest BCUT2D eigenvalue weighted by molar-refractivity contribution is 5.70. The van der Waals surface area contributed by atoms with Crippen molar-refractivity contribution in [3.63, 3.8) is 0 Å². The molecule has 0 aliphatic heterocycles. The van der Waals surface area contributed by atoms with Crippen LogP contribution in [-0.2, 0) is 0 Å². The van der Waals surface area contributed by atoms with Gasteiger partial charge in [-0.1, -0.05) is 18.2 Å². The number of nitrogens with zero attached hydrogens (tertiary/aromatic N) is 3. The van der Waals surface area contributed by atoms with Gasteiger partial charge < -0.3 is 10.3 Å². The summed E-state index contributed by atoms with van der Waals surface area (Å²) in [6, 6.07) is 12.2. The van der Waals surface area contributed by atoms with E-state index in [-0.39, 0.29) is 11.5 Å². The standard InChI is InChI=1S/C13H15N5O2/c1-2-17(10-6-4-3-5-7-10)13-11(18(19)20)8-9-12(15-13)16-14/h3-9H,2,14H2,1H3,(H,15,16). The first-order valence-electron chi connectivity index (χ1n) is 6.12. The quantitative estimate of drug-likeness (QED) is 0.493. The van der Waals surface area contributed by atoms with Gasteiger partial charge in [-0.2, -0.15) is 0 Å². The van der Waals surface area contributed by atoms with E-state index in [0.29, 0.717) is 12.4 Å². The molecule has 0 atom stereocenters. The number of rotatable bonds is 5. The van der Waals surface area contributed by atoms with Crippen molar-refractivity contribution in [3.05, 3.63) is 52.6 Å². The highest BCUT2D eigenvalue weighted by Crippen LogP contribution is 2.32. The van der Waals surface area contributed by atoms with Crippen molar-refractivity contribution in [1.82, 2.24) is 4.98 Å². The van der Waals surface area contributed by atoms with Crippen LogP contribution < -0.4 is 16.2 Å². The van der Waals surface area contributed by atoms with Crippen molar-refractivity contribution in [2.45, 2.75) is 6.92 Å². The largest absolute Gasteiger partial charge is 0.321 e. The van der Waals surface area contributed by atoms with Gasteiger partial charge in [-0.05, 0) is 25.1 Å². The Balaban J connectivity index is 2.55. The van der Waals surface area contributed by atoms with Crippen molar-refractivity contribution < 1.29 is 4.92 Å². The minimum absolute atomic E-state index is 0.0605. The van der Waals surface area contributed by atoms with Crippen LogP contribution in [0.15, 0.2) is 42.5 Å². The molecule has 0 aliphatic carbocycles. The second-order valence-corrected chi connectivity index (χ2v) is 4.02. The minimum atomic E-state index is -0.450. The number of nitrogens with one attached hydrogen (secondary N) is 1. The molecule has 7 nitrogen and oxygen atoms in total. The summed E-state index contributed by atoms with van der Waals surface area (Å²) in [5.74, 6) is 5.96. The monoisotopic (exact) mass is 273 g/mol. The molecule has 2 aromatic rings. The van der Waals surface area contributed by atoms with Crippen molar-refractivity contribution in [2.75, 3.05) is 16.9 Å². The Morgan fingerprint density at radius 3 is 2.55 bits per heavy atom. The van der Waals surface area contributed by atoms with Gasteiger partial charge >= 0.3 is 5.69 Å². The van der Waals surface area contributed by atoms with Crippen molar-refractivity contribution in [2.24, 2.45) is 5.84 Å². The molecule has 0 saturated heterocycles. The number of hydrogen-bond donors (Lipinski definition) is 2. The van der Waals surface area contributed by atoms with Crippen LogP contribution >= 0.6 is 0 Å². The van der Waals surface area contributed by atoms with Crippen LogP contribution in [0.5, 0.6) is 0 Å². The summed E-state index contributed by atoms with van der Waals surface area (Å²) in [4.78, 5) is 16.7. The van der Waals surface area contributed by atoms with E-state index in [1.807, 2.05) is 37.3 Å². The molecule has 0 amide bonds. The lowest BCUT2D eigenvalue weighted by Crippen LogP contribution is -2.20.